The van der Waals surface area contributed by atoms with E-state index in [0.717, 1.165) is 30.0 Å². The lowest BCUT2D eigenvalue weighted by Gasteiger charge is -2.42. The average Bonchev–Trinajstić information content (AvgIpc) is 2.58. The Kier molecular flexibility index (Phi) is 4.69. The number of aliphatic imine (C=N–C) groups is 1. The van der Waals surface area contributed by atoms with Gasteiger partial charge in [0.05, 0.1) is 11.7 Å². The van der Waals surface area contributed by atoms with Crippen molar-refractivity contribution >= 4 is 12.4 Å². The van der Waals surface area contributed by atoms with Gasteiger partial charge in [0, 0.05) is 5.56 Å². The molecular formula is C20H24N2O2. The van der Waals surface area contributed by atoms with Crippen LogP contribution in [0, 0.1) is 0 Å². The molecule has 0 fully saturated rings. The molecule has 126 valence electrons. The van der Waals surface area contributed by atoms with Crippen LogP contribution in [0.15, 0.2) is 53.5 Å². The van der Waals surface area contributed by atoms with E-state index in [4.69, 9.17) is 4.74 Å². The number of fused-ring (bicyclic) bond motifs is 1. The summed E-state index contributed by atoms with van der Waals surface area (Å²) in [6.45, 7) is 8.17. The molecule has 0 saturated heterocycles. The number of rotatable bonds is 5. The van der Waals surface area contributed by atoms with E-state index in [2.05, 4.69) is 29.2 Å². The Morgan fingerprint density at radius 3 is 2.67 bits per heavy atom. The van der Waals surface area contributed by atoms with Crippen LogP contribution in [-0.2, 0) is 6.42 Å². The number of nitrogens with one attached hydrogen (secondary N) is 1. The summed E-state index contributed by atoms with van der Waals surface area (Å²) in [5, 5.41) is 14.3. The molecule has 2 atom stereocenters. The van der Waals surface area contributed by atoms with E-state index in [-0.39, 0.29) is 6.04 Å². The molecule has 2 aromatic carbocycles. The molecule has 0 radical (unpaired) electrons. The number of aliphatic hydroxyl groups excluding tert-OH is 1. The van der Waals surface area contributed by atoms with Gasteiger partial charge < -0.3 is 15.2 Å². The van der Waals surface area contributed by atoms with E-state index in [1.54, 1.807) is 0 Å². The summed E-state index contributed by atoms with van der Waals surface area (Å²) in [5.74, 6) is 0.787. The van der Waals surface area contributed by atoms with Crippen LogP contribution in [0.3, 0.4) is 0 Å². The number of hydrogen-bond donors (Lipinski definition) is 2. The van der Waals surface area contributed by atoms with E-state index in [1.165, 1.54) is 5.56 Å². The van der Waals surface area contributed by atoms with Crippen LogP contribution < -0.4 is 10.1 Å². The molecule has 0 amide bonds. The first-order valence-electron chi connectivity index (χ1n) is 8.26. The third-order valence-corrected chi connectivity index (χ3v) is 4.53. The minimum atomic E-state index is -0.652. The second-order valence-electron chi connectivity index (χ2n) is 6.70. The monoisotopic (exact) mass is 324 g/mol. The van der Waals surface area contributed by atoms with Crippen molar-refractivity contribution in [3.63, 3.8) is 0 Å². The summed E-state index contributed by atoms with van der Waals surface area (Å²) >= 11 is 0. The zero-order valence-electron chi connectivity index (χ0n) is 14.2. The van der Waals surface area contributed by atoms with Gasteiger partial charge in [-0.05, 0) is 57.3 Å². The van der Waals surface area contributed by atoms with Gasteiger partial charge in [0.15, 0.2) is 0 Å². The van der Waals surface area contributed by atoms with Gasteiger partial charge in [0.2, 0.25) is 0 Å². The summed E-state index contributed by atoms with van der Waals surface area (Å²) in [5.41, 5.74) is 2.33. The van der Waals surface area contributed by atoms with Crippen LogP contribution in [0.4, 0.5) is 5.69 Å². The molecule has 0 aromatic heterocycles. The number of aliphatic hydroxyl groups is 1. The summed E-state index contributed by atoms with van der Waals surface area (Å²) in [6.07, 6.45) is 0.251. The van der Waals surface area contributed by atoms with Gasteiger partial charge in [-0.2, -0.15) is 0 Å². The van der Waals surface area contributed by atoms with Gasteiger partial charge in [0.25, 0.3) is 0 Å². The lowest BCUT2D eigenvalue weighted by atomic mass is 9.86. The van der Waals surface area contributed by atoms with Gasteiger partial charge >= 0.3 is 0 Å². The molecule has 4 nitrogen and oxygen atoms in total. The largest absolute Gasteiger partial charge is 0.485 e. The van der Waals surface area contributed by atoms with Crippen LogP contribution in [0.25, 0.3) is 0 Å². The molecule has 2 N–H and O–H groups in total. The van der Waals surface area contributed by atoms with E-state index >= 15 is 0 Å². The Bertz CT molecular complexity index is 713. The fourth-order valence-electron chi connectivity index (χ4n) is 3.12. The first kappa shape index (κ1) is 16.7. The van der Waals surface area contributed by atoms with Gasteiger partial charge in [-0.25, -0.2) is 0 Å². The quantitative estimate of drug-likeness (QED) is 0.829. The maximum Gasteiger partial charge on any atom is 0.131 e. The fourth-order valence-corrected chi connectivity index (χ4v) is 3.12. The Labute approximate surface area is 143 Å². The van der Waals surface area contributed by atoms with E-state index in [0.29, 0.717) is 0 Å². The van der Waals surface area contributed by atoms with Crippen molar-refractivity contribution in [2.75, 3.05) is 6.54 Å². The van der Waals surface area contributed by atoms with E-state index < -0.39 is 11.7 Å². The Morgan fingerprint density at radius 1 is 1.21 bits per heavy atom. The van der Waals surface area contributed by atoms with Crippen LogP contribution in [0.1, 0.15) is 31.0 Å². The van der Waals surface area contributed by atoms with E-state index in [1.807, 2.05) is 50.2 Å². The second kappa shape index (κ2) is 6.75. The minimum absolute atomic E-state index is 0.200. The summed E-state index contributed by atoms with van der Waals surface area (Å²) < 4.78 is 5.97. The first-order chi connectivity index (χ1) is 11.5. The molecule has 0 aliphatic carbocycles. The van der Waals surface area contributed by atoms with Crippen molar-refractivity contribution in [2.24, 2.45) is 4.99 Å². The molecule has 1 aliphatic rings. The highest BCUT2D eigenvalue weighted by molar-refractivity contribution is 5.53. The molecule has 0 bridgehead atoms. The highest BCUT2D eigenvalue weighted by Gasteiger charge is 2.42. The summed E-state index contributed by atoms with van der Waals surface area (Å²) in [7, 11) is 0. The second-order valence-corrected chi connectivity index (χ2v) is 6.70. The number of benzene rings is 2. The highest BCUT2D eigenvalue weighted by Crippen LogP contribution is 2.41. The van der Waals surface area contributed by atoms with Crippen molar-refractivity contribution in [1.29, 1.82) is 0 Å². The van der Waals surface area contributed by atoms with Crippen molar-refractivity contribution in [1.82, 2.24) is 5.32 Å². The SMILES string of the molecule is C=Nc1ccc2c(c1)C(NCCc1ccccc1)C(O)C(C)(C)O2. The fraction of sp³-hybridized carbons (Fsp3) is 0.350. The van der Waals surface area contributed by atoms with Gasteiger partial charge in [-0.15, -0.1) is 0 Å². The van der Waals surface area contributed by atoms with Crippen molar-refractivity contribution < 1.29 is 9.84 Å². The predicted octanol–water partition coefficient (Wildman–Crippen LogP) is 3.42. The average molecular weight is 324 g/mol. The highest BCUT2D eigenvalue weighted by atomic mass is 16.5. The lowest BCUT2D eigenvalue weighted by Crippen LogP contribution is -2.52. The van der Waals surface area contributed by atoms with Crippen molar-refractivity contribution in [3.8, 4) is 5.75 Å². The van der Waals surface area contributed by atoms with E-state index in [9.17, 15) is 5.11 Å². The third-order valence-electron chi connectivity index (χ3n) is 4.53. The molecule has 0 saturated carbocycles. The number of hydrogen-bond acceptors (Lipinski definition) is 4. The summed E-state index contributed by atoms with van der Waals surface area (Å²) in [4.78, 5) is 3.99. The molecule has 0 spiro atoms. The zero-order valence-corrected chi connectivity index (χ0v) is 14.2. The van der Waals surface area contributed by atoms with Crippen LogP contribution in [-0.4, -0.2) is 30.1 Å². The number of nitrogens with zero attached hydrogens (tertiary/aromatic N) is 1. The Morgan fingerprint density at radius 2 is 1.96 bits per heavy atom. The molecule has 1 heterocycles. The lowest BCUT2D eigenvalue weighted by molar-refractivity contribution is -0.0643. The third kappa shape index (κ3) is 3.35. The Hall–Kier alpha value is -2.17. The molecule has 1 aliphatic heterocycles. The molecule has 2 unspecified atom stereocenters. The normalized spacial score (nSPS) is 21.6. The maximum atomic E-state index is 10.8. The topological polar surface area (TPSA) is 53.9 Å². The van der Waals surface area contributed by atoms with Crippen LogP contribution in [0.5, 0.6) is 5.75 Å². The Balaban J connectivity index is 1.81. The van der Waals surface area contributed by atoms with Crippen LogP contribution >= 0.6 is 0 Å². The summed E-state index contributed by atoms with van der Waals surface area (Å²) in [6, 6.07) is 15.8. The molecule has 4 heteroatoms. The first-order valence-corrected chi connectivity index (χ1v) is 8.26. The standard InChI is InChI=1S/C20H24N2O2/c1-20(2)19(23)18(22-12-11-14-7-5-4-6-8-14)16-13-15(21-3)9-10-17(16)24-20/h4-10,13,18-19,22-23H,3,11-12H2,1-2H3. The predicted molar refractivity (Wildman–Crippen MR) is 97.3 cm³/mol. The molecule has 2 aromatic rings. The van der Waals surface area contributed by atoms with Crippen molar-refractivity contribution in [3.05, 3.63) is 59.7 Å². The molecule has 3 rings (SSSR count). The molecular weight excluding hydrogens is 300 g/mol. The zero-order chi connectivity index (χ0) is 17.2. The minimum Gasteiger partial charge on any atom is -0.485 e. The van der Waals surface area contributed by atoms with Crippen LogP contribution in [0.2, 0.25) is 0 Å². The van der Waals surface area contributed by atoms with Gasteiger partial charge in [-0.3, -0.25) is 4.99 Å². The van der Waals surface area contributed by atoms with Gasteiger partial charge in [0.1, 0.15) is 17.5 Å². The smallest absolute Gasteiger partial charge is 0.131 e. The maximum absolute atomic E-state index is 10.8. The van der Waals surface area contributed by atoms with Gasteiger partial charge in [-0.1, -0.05) is 30.3 Å². The molecule has 24 heavy (non-hydrogen) atoms. The van der Waals surface area contributed by atoms with Crippen molar-refractivity contribution in [2.45, 2.75) is 38.0 Å². The number of ether oxygens (including phenoxy) is 1.